The Morgan fingerprint density at radius 2 is 1.07 bits per heavy atom. The highest BCUT2D eigenvalue weighted by Crippen LogP contribution is 2.19. The fourth-order valence-electron chi connectivity index (χ4n) is 2.33. The summed E-state index contributed by atoms with van der Waals surface area (Å²) < 4.78 is 10.0. The molecular formula is C20H24O8. The minimum Gasteiger partial charge on any atom is -0.496 e. The smallest absolute Gasteiger partial charge is 0.332 e. The monoisotopic (exact) mass is 392 g/mol. The number of hydrogen-bond donors (Lipinski definition) is 4. The van der Waals surface area contributed by atoms with Crippen LogP contribution in [0.4, 0.5) is 0 Å². The number of hydrogen-bond acceptors (Lipinski definition) is 6. The van der Waals surface area contributed by atoms with Gasteiger partial charge in [-0.1, -0.05) is 36.4 Å². The van der Waals surface area contributed by atoms with E-state index in [4.69, 9.17) is 29.9 Å². The molecule has 2 unspecified atom stereocenters. The maximum atomic E-state index is 10.4. The molecule has 2 atom stereocenters. The second-order valence-electron chi connectivity index (χ2n) is 5.74. The van der Waals surface area contributed by atoms with E-state index in [-0.39, 0.29) is 12.8 Å². The number of benzene rings is 2. The highest BCUT2D eigenvalue weighted by molar-refractivity contribution is 5.73. The zero-order valence-corrected chi connectivity index (χ0v) is 15.6. The van der Waals surface area contributed by atoms with Gasteiger partial charge in [-0.05, 0) is 23.3 Å². The maximum absolute atomic E-state index is 10.4. The van der Waals surface area contributed by atoms with E-state index in [2.05, 4.69) is 0 Å². The average Bonchev–Trinajstić information content (AvgIpc) is 2.69. The van der Waals surface area contributed by atoms with E-state index in [1.165, 1.54) is 14.2 Å². The van der Waals surface area contributed by atoms with Crippen LogP contribution in [0, 0.1) is 0 Å². The minimum atomic E-state index is -1.38. The van der Waals surface area contributed by atoms with Crippen molar-refractivity contribution in [3.05, 3.63) is 59.7 Å². The summed E-state index contributed by atoms with van der Waals surface area (Å²) in [5, 5.41) is 35.3. The van der Waals surface area contributed by atoms with Crippen LogP contribution in [0.2, 0.25) is 0 Å². The number of carboxylic acids is 2. The van der Waals surface area contributed by atoms with Crippen molar-refractivity contribution >= 4 is 11.9 Å². The fraction of sp³-hybridized carbons (Fsp3) is 0.300. The predicted molar refractivity (Wildman–Crippen MR) is 101 cm³/mol. The first-order valence-corrected chi connectivity index (χ1v) is 8.35. The topological polar surface area (TPSA) is 134 Å². The van der Waals surface area contributed by atoms with Crippen LogP contribution in [0.1, 0.15) is 11.1 Å². The van der Waals surface area contributed by atoms with Crippen molar-refractivity contribution < 1.29 is 39.5 Å². The summed E-state index contributed by atoms with van der Waals surface area (Å²) in [5.74, 6) is -1.27. The maximum Gasteiger partial charge on any atom is 0.332 e. The van der Waals surface area contributed by atoms with Gasteiger partial charge in [0.25, 0.3) is 0 Å². The van der Waals surface area contributed by atoms with Crippen LogP contribution in [0.5, 0.6) is 11.5 Å². The Morgan fingerprint density at radius 3 is 1.36 bits per heavy atom. The lowest BCUT2D eigenvalue weighted by Crippen LogP contribution is -2.22. The van der Waals surface area contributed by atoms with Crippen LogP contribution < -0.4 is 9.47 Å². The average molecular weight is 392 g/mol. The van der Waals surface area contributed by atoms with E-state index < -0.39 is 24.1 Å². The molecule has 8 heteroatoms. The van der Waals surface area contributed by atoms with Crippen molar-refractivity contribution in [3.8, 4) is 11.5 Å². The van der Waals surface area contributed by atoms with Crippen molar-refractivity contribution in [2.24, 2.45) is 0 Å². The fourth-order valence-corrected chi connectivity index (χ4v) is 2.33. The number of rotatable bonds is 8. The summed E-state index contributed by atoms with van der Waals surface area (Å²) in [5.41, 5.74) is 1.37. The molecule has 0 aliphatic rings. The molecule has 0 bridgehead atoms. The molecule has 2 aromatic rings. The van der Waals surface area contributed by atoms with Crippen molar-refractivity contribution in [2.45, 2.75) is 25.0 Å². The highest BCUT2D eigenvalue weighted by atomic mass is 16.5. The van der Waals surface area contributed by atoms with Crippen LogP contribution in [0.25, 0.3) is 0 Å². The van der Waals surface area contributed by atoms with Gasteiger partial charge in [-0.3, -0.25) is 0 Å². The van der Waals surface area contributed by atoms with E-state index >= 15 is 0 Å². The molecule has 0 heterocycles. The molecule has 28 heavy (non-hydrogen) atoms. The molecule has 0 spiro atoms. The summed E-state index contributed by atoms with van der Waals surface area (Å²) in [6, 6.07) is 14.0. The van der Waals surface area contributed by atoms with Gasteiger partial charge in [-0.25, -0.2) is 9.59 Å². The molecular weight excluding hydrogens is 368 g/mol. The number of para-hydroxylation sites is 2. The minimum absolute atomic E-state index is 0.0549. The summed E-state index contributed by atoms with van der Waals surface area (Å²) in [6.07, 6.45) is -2.66. The molecule has 0 amide bonds. The Hall–Kier alpha value is -3.10. The molecule has 8 nitrogen and oxygen atoms in total. The first-order chi connectivity index (χ1) is 13.3. The molecule has 0 aliphatic heterocycles. The van der Waals surface area contributed by atoms with E-state index in [9.17, 15) is 9.59 Å². The second-order valence-corrected chi connectivity index (χ2v) is 5.74. The molecule has 0 fully saturated rings. The second kappa shape index (κ2) is 11.6. The molecule has 152 valence electrons. The van der Waals surface area contributed by atoms with Gasteiger partial charge >= 0.3 is 11.9 Å². The Bertz CT molecular complexity index is 709. The summed E-state index contributed by atoms with van der Waals surface area (Å²) >= 11 is 0. The standard InChI is InChI=1S/2C10H12O4/c2*1-14-9-5-3-2-4-7(9)6-8(11)10(12)13/h2*2-5,8,11H,6H2,1H3,(H,12,13). The first kappa shape index (κ1) is 22.9. The van der Waals surface area contributed by atoms with Crippen molar-refractivity contribution in [1.29, 1.82) is 0 Å². The van der Waals surface area contributed by atoms with Crippen LogP contribution in [-0.2, 0) is 22.4 Å². The SMILES string of the molecule is COc1ccccc1CC(O)C(=O)O.COc1ccccc1CC(O)C(=O)O. The van der Waals surface area contributed by atoms with E-state index in [0.717, 1.165) is 0 Å². The number of methoxy groups -OCH3 is 2. The van der Waals surface area contributed by atoms with Crippen molar-refractivity contribution in [1.82, 2.24) is 0 Å². The number of carboxylic acid groups (broad SMARTS) is 2. The van der Waals surface area contributed by atoms with Gasteiger partial charge in [-0.15, -0.1) is 0 Å². The third kappa shape index (κ3) is 7.26. The summed E-state index contributed by atoms with van der Waals surface area (Å²) in [4.78, 5) is 20.8. The summed E-state index contributed by atoms with van der Waals surface area (Å²) in [7, 11) is 3.01. The number of aliphatic hydroxyl groups excluding tert-OH is 2. The molecule has 2 aromatic carbocycles. The van der Waals surface area contributed by atoms with Crippen molar-refractivity contribution in [2.75, 3.05) is 14.2 Å². The number of aliphatic carboxylic acids is 2. The molecule has 0 aliphatic carbocycles. The Kier molecular flexibility index (Phi) is 9.49. The predicted octanol–water partition coefficient (Wildman–Crippen LogP) is 1.37. The lowest BCUT2D eigenvalue weighted by Gasteiger charge is -2.09. The molecule has 2 rings (SSSR count). The molecule has 0 radical (unpaired) electrons. The van der Waals surface area contributed by atoms with Gasteiger partial charge in [-0.2, -0.15) is 0 Å². The quantitative estimate of drug-likeness (QED) is 0.529. The molecule has 0 saturated heterocycles. The lowest BCUT2D eigenvalue weighted by molar-refractivity contribution is -0.147. The first-order valence-electron chi connectivity index (χ1n) is 8.35. The number of aliphatic hydroxyl groups is 2. The van der Waals surface area contributed by atoms with Gasteiger partial charge in [0.1, 0.15) is 11.5 Å². The van der Waals surface area contributed by atoms with E-state index in [0.29, 0.717) is 22.6 Å². The number of carbonyl (C=O) groups is 2. The summed E-state index contributed by atoms with van der Waals surface area (Å²) in [6.45, 7) is 0. The van der Waals surface area contributed by atoms with Gasteiger partial charge in [0.05, 0.1) is 14.2 Å². The Labute approximate surface area is 162 Å². The third-order valence-electron chi connectivity index (χ3n) is 3.78. The normalized spacial score (nSPS) is 12.1. The van der Waals surface area contributed by atoms with E-state index in [1.54, 1.807) is 48.5 Å². The largest absolute Gasteiger partial charge is 0.496 e. The van der Waals surface area contributed by atoms with Crippen molar-refractivity contribution in [3.63, 3.8) is 0 Å². The van der Waals surface area contributed by atoms with Gasteiger partial charge in [0, 0.05) is 12.8 Å². The molecule has 0 aromatic heterocycles. The Balaban J connectivity index is 0.000000280. The highest BCUT2D eigenvalue weighted by Gasteiger charge is 2.16. The lowest BCUT2D eigenvalue weighted by atomic mass is 10.1. The van der Waals surface area contributed by atoms with Crippen LogP contribution in [-0.4, -0.2) is 58.8 Å². The zero-order valence-electron chi connectivity index (χ0n) is 15.6. The van der Waals surface area contributed by atoms with Crippen LogP contribution in [0.15, 0.2) is 48.5 Å². The number of ether oxygens (including phenoxy) is 2. The van der Waals surface area contributed by atoms with Crippen LogP contribution >= 0.6 is 0 Å². The van der Waals surface area contributed by atoms with Crippen LogP contribution in [0.3, 0.4) is 0 Å². The Morgan fingerprint density at radius 1 is 0.750 bits per heavy atom. The molecule has 0 saturated carbocycles. The van der Waals surface area contributed by atoms with E-state index in [1.807, 2.05) is 0 Å². The molecule has 4 N–H and O–H groups in total. The third-order valence-corrected chi connectivity index (χ3v) is 3.78. The van der Waals surface area contributed by atoms with Gasteiger partial charge < -0.3 is 29.9 Å². The van der Waals surface area contributed by atoms with Gasteiger partial charge in [0.15, 0.2) is 12.2 Å². The zero-order chi connectivity index (χ0) is 21.1. The van der Waals surface area contributed by atoms with Gasteiger partial charge in [0.2, 0.25) is 0 Å².